The van der Waals surface area contributed by atoms with E-state index in [0.29, 0.717) is 0 Å². The van der Waals surface area contributed by atoms with E-state index in [2.05, 4.69) is 78.5 Å². The van der Waals surface area contributed by atoms with Crippen LogP contribution in [0.4, 0.5) is 0 Å². The Morgan fingerprint density at radius 1 is 0.885 bits per heavy atom. The molecule has 0 N–H and O–H groups in total. The fourth-order valence-corrected chi connectivity index (χ4v) is 3.74. The molecule has 0 radical (unpaired) electrons. The third kappa shape index (κ3) is 12.8. The smallest absolute Gasteiger partial charge is 0.0582 e. The molecule has 0 spiro atoms. The standard InChI is InChI=1S/C11H21.C6H11.C5H11N.C2H5.Ta/c1-7-6-8(2)10(4)11(5)9(7)3;1-2-4-6-5-3-1;1-4-5(2,3)6;1-2;/h6-11H,1-5H3;1H,2-6H2;4H2,1-3H3;1H2,2H3;/q2*-1;;-1;. The first-order valence-corrected chi connectivity index (χ1v) is 12.3. The molecule has 0 heterocycles. The van der Waals surface area contributed by atoms with Crippen LogP contribution in [-0.4, -0.2) is 5.54 Å². The number of hydrogen-bond donors (Lipinski definition) is 0. The maximum atomic E-state index is 4.25. The van der Waals surface area contributed by atoms with Crippen molar-refractivity contribution in [2.75, 3.05) is 0 Å². The summed E-state index contributed by atoms with van der Waals surface area (Å²) in [5.74, 6) is 4.28. The summed E-state index contributed by atoms with van der Waals surface area (Å²) in [5.41, 5.74) is 0.258. The zero-order valence-electron chi connectivity index (χ0n) is 19.4. The van der Waals surface area contributed by atoms with Crippen LogP contribution in [0.25, 0.3) is 0 Å². The van der Waals surface area contributed by atoms with Crippen molar-refractivity contribution in [2.45, 2.75) is 106 Å². The van der Waals surface area contributed by atoms with Gasteiger partial charge in [-0.1, -0.05) is 65.7 Å². The van der Waals surface area contributed by atoms with Gasteiger partial charge in [0.05, 0.1) is 0 Å². The fourth-order valence-electron chi connectivity index (χ4n) is 3.23. The molecule has 0 aromatic rings. The van der Waals surface area contributed by atoms with E-state index in [0.717, 1.165) is 56.9 Å². The van der Waals surface area contributed by atoms with Gasteiger partial charge in [0.1, 0.15) is 0 Å². The molecule has 0 aromatic heterocycles. The minimum absolute atomic E-state index is 0.258. The zero-order chi connectivity index (χ0) is 20.8. The molecule has 2 rings (SSSR count). The van der Waals surface area contributed by atoms with Crippen LogP contribution in [0.1, 0.15) is 101 Å². The Hall–Kier alpha value is 0.540. The summed E-state index contributed by atoms with van der Waals surface area (Å²) in [7, 11) is 0. The SMILES string of the molecule is CC1[CH-]C(C)C(C)C(C)C1C.CCC(C)(C)[N]=[Ta].[CH-]1CCCCC1.[CH2-]C. The summed E-state index contributed by atoms with van der Waals surface area (Å²) in [6.45, 7) is 23.3. The van der Waals surface area contributed by atoms with Gasteiger partial charge in [-0.2, -0.15) is 31.6 Å². The molecule has 2 fully saturated rings. The largest absolute Gasteiger partial charge is 0.346 e. The molecule has 4 unspecified atom stereocenters. The molecule has 26 heavy (non-hydrogen) atoms. The minimum atomic E-state index is 0.258. The average molecular weight is 532 g/mol. The van der Waals surface area contributed by atoms with Gasteiger partial charge in [0.25, 0.3) is 0 Å². The van der Waals surface area contributed by atoms with Gasteiger partial charge >= 0.3 is 57.0 Å². The molecule has 0 amide bonds. The van der Waals surface area contributed by atoms with Crippen LogP contribution in [0.3, 0.4) is 0 Å². The molecule has 0 aliphatic heterocycles. The summed E-state index contributed by atoms with van der Waals surface area (Å²) in [6.07, 6.45) is 13.2. The first-order valence-electron chi connectivity index (χ1n) is 10.9. The van der Waals surface area contributed by atoms with E-state index in [1.54, 1.807) is 6.92 Å². The van der Waals surface area contributed by atoms with Crippen molar-refractivity contribution < 1.29 is 20.9 Å². The van der Waals surface area contributed by atoms with Crippen molar-refractivity contribution in [3.8, 4) is 0 Å². The Balaban J connectivity index is 0. The van der Waals surface area contributed by atoms with Crippen molar-refractivity contribution in [3.63, 3.8) is 0 Å². The predicted molar refractivity (Wildman–Crippen MR) is 115 cm³/mol. The van der Waals surface area contributed by atoms with Crippen molar-refractivity contribution in [3.05, 3.63) is 19.8 Å². The Morgan fingerprint density at radius 3 is 1.50 bits per heavy atom. The van der Waals surface area contributed by atoms with Gasteiger partial charge in [-0.05, 0) is 5.92 Å². The van der Waals surface area contributed by atoms with Gasteiger partial charge in [0.15, 0.2) is 0 Å². The topological polar surface area (TPSA) is 12.4 Å². The fraction of sp³-hybridized carbons (Fsp3) is 0.875. The molecule has 1 nitrogen and oxygen atoms in total. The molecular formula is C24H48NTa-3. The second-order valence-corrected chi connectivity index (χ2v) is 9.40. The number of rotatable bonds is 2. The molecule has 157 valence electrons. The van der Waals surface area contributed by atoms with E-state index in [-0.39, 0.29) is 5.54 Å². The van der Waals surface area contributed by atoms with Crippen LogP contribution in [0.2, 0.25) is 0 Å². The molecule has 2 aliphatic rings. The molecule has 0 saturated heterocycles. The van der Waals surface area contributed by atoms with E-state index in [1.807, 2.05) is 0 Å². The van der Waals surface area contributed by atoms with Crippen LogP contribution in [0.15, 0.2) is 3.34 Å². The summed E-state index contributed by atoms with van der Waals surface area (Å²) in [6, 6.07) is 0. The van der Waals surface area contributed by atoms with Crippen molar-refractivity contribution >= 4 is 0 Å². The van der Waals surface area contributed by atoms with Gasteiger partial charge in [-0.25, -0.2) is 0 Å². The van der Waals surface area contributed by atoms with Gasteiger partial charge in [0, 0.05) is 0 Å². The van der Waals surface area contributed by atoms with Crippen LogP contribution in [-0.2, 0) is 20.9 Å². The molecule has 2 saturated carbocycles. The Kier molecular flexibility index (Phi) is 18.2. The Bertz CT molecular complexity index is 297. The van der Waals surface area contributed by atoms with E-state index >= 15 is 0 Å². The molecule has 0 aromatic carbocycles. The van der Waals surface area contributed by atoms with E-state index in [1.165, 1.54) is 32.1 Å². The normalized spacial score (nSPS) is 31.0. The molecule has 4 atom stereocenters. The van der Waals surface area contributed by atoms with Crippen molar-refractivity contribution in [1.29, 1.82) is 0 Å². The summed E-state index contributed by atoms with van der Waals surface area (Å²) >= 11 is 1.16. The summed E-state index contributed by atoms with van der Waals surface area (Å²) < 4.78 is 4.25. The van der Waals surface area contributed by atoms with Crippen LogP contribution in [0, 0.1) is 49.4 Å². The first-order chi connectivity index (χ1) is 12.2. The Labute approximate surface area is 179 Å². The first kappa shape index (κ1) is 28.7. The number of hydrogen-bond acceptors (Lipinski definition) is 1. The van der Waals surface area contributed by atoms with E-state index < -0.39 is 0 Å². The third-order valence-electron chi connectivity index (χ3n) is 6.38. The molecule has 2 aliphatic carbocycles. The molecule has 2 heteroatoms. The summed E-state index contributed by atoms with van der Waals surface area (Å²) in [4.78, 5) is 0. The van der Waals surface area contributed by atoms with E-state index in [9.17, 15) is 0 Å². The van der Waals surface area contributed by atoms with Gasteiger partial charge in [-0.15, -0.1) is 0 Å². The second kappa shape index (κ2) is 16.5. The van der Waals surface area contributed by atoms with Gasteiger partial charge < -0.3 is 19.8 Å². The van der Waals surface area contributed by atoms with Crippen LogP contribution in [0.5, 0.6) is 0 Å². The Morgan fingerprint density at radius 2 is 1.31 bits per heavy atom. The second-order valence-electron chi connectivity index (χ2n) is 8.68. The quantitative estimate of drug-likeness (QED) is 0.318. The van der Waals surface area contributed by atoms with Gasteiger partial charge in [-0.3, -0.25) is 0 Å². The van der Waals surface area contributed by atoms with Crippen LogP contribution < -0.4 is 0 Å². The van der Waals surface area contributed by atoms with Crippen molar-refractivity contribution in [2.24, 2.45) is 32.9 Å². The zero-order valence-corrected chi connectivity index (χ0v) is 22.6. The van der Waals surface area contributed by atoms with E-state index in [4.69, 9.17) is 0 Å². The minimum Gasteiger partial charge on any atom is -0.346 e. The average Bonchev–Trinajstić information content (AvgIpc) is 2.68. The summed E-state index contributed by atoms with van der Waals surface area (Å²) in [5, 5.41) is 0. The number of nitrogens with zero attached hydrogens (tertiary/aromatic N) is 1. The monoisotopic (exact) mass is 531 g/mol. The molecule has 0 bridgehead atoms. The third-order valence-corrected chi connectivity index (χ3v) is 8.32. The predicted octanol–water partition coefficient (Wildman–Crippen LogP) is 8.29. The van der Waals surface area contributed by atoms with Gasteiger partial charge in [0.2, 0.25) is 0 Å². The maximum absolute atomic E-state index is 4.25. The maximum Gasteiger partial charge on any atom is -0.0582 e. The van der Waals surface area contributed by atoms with Crippen LogP contribution >= 0.6 is 0 Å². The molecular weight excluding hydrogens is 483 g/mol. The van der Waals surface area contributed by atoms with Crippen molar-refractivity contribution in [1.82, 2.24) is 0 Å².